The minimum Gasteiger partial charge on any atom is -0.493 e. The number of hydrogen-bond acceptors (Lipinski definition) is 2. The van der Waals surface area contributed by atoms with E-state index < -0.39 is 5.38 Å². The van der Waals surface area contributed by atoms with Crippen molar-refractivity contribution in [3.63, 3.8) is 0 Å². The molecule has 0 aromatic heterocycles. The first kappa shape index (κ1) is 14.7. The smallest absolute Gasteiger partial charge is 0.160 e. The second kappa shape index (κ2) is 6.62. The third kappa shape index (κ3) is 3.23. The fourth-order valence-corrected chi connectivity index (χ4v) is 2.41. The van der Waals surface area contributed by atoms with E-state index in [0.717, 1.165) is 5.56 Å². The molecule has 2 rings (SSSR count). The Morgan fingerprint density at radius 1 is 1.05 bits per heavy atom. The van der Waals surface area contributed by atoms with Gasteiger partial charge in [-0.15, -0.1) is 11.6 Å². The normalized spacial score (nSPS) is 12.0. The SMILES string of the molecule is COc1ccc(CC(Cl)c2ccccc2F)cc1OC. The van der Waals surface area contributed by atoms with Crippen LogP contribution in [0.1, 0.15) is 16.5 Å². The molecule has 2 aromatic rings. The summed E-state index contributed by atoms with van der Waals surface area (Å²) in [5, 5.41) is -0.422. The van der Waals surface area contributed by atoms with E-state index in [1.54, 1.807) is 32.4 Å². The van der Waals surface area contributed by atoms with Crippen LogP contribution >= 0.6 is 11.6 Å². The van der Waals surface area contributed by atoms with Crippen molar-refractivity contribution in [2.24, 2.45) is 0 Å². The van der Waals surface area contributed by atoms with Gasteiger partial charge in [-0.3, -0.25) is 0 Å². The molecule has 1 unspecified atom stereocenters. The van der Waals surface area contributed by atoms with Crippen LogP contribution in [-0.2, 0) is 6.42 Å². The molecule has 0 heterocycles. The van der Waals surface area contributed by atoms with Crippen molar-refractivity contribution in [3.8, 4) is 11.5 Å². The Balaban J connectivity index is 2.20. The number of ether oxygens (including phenoxy) is 2. The van der Waals surface area contributed by atoms with Crippen LogP contribution in [-0.4, -0.2) is 14.2 Å². The largest absolute Gasteiger partial charge is 0.493 e. The fraction of sp³-hybridized carbons (Fsp3) is 0.250. The molecule has 20 heavy (non-hydrogen) atoms. The lowest BCUT2D eigenvalue weighted by Crippen LogP contribution is -2.00. The zero-order valence-electron chi connectivity index (χ0n) is 11.4. The van der Waals surface area contributed by atoms with Crippen molar-refractivity contribution in [3.05, 3.63) is 59.4 Å². The van der Waals surface area contributed by atoms with E-state index in [1.165, 1.54) is 6.07 Å². The van der Waals surface area contributed by atoms with Crippen molar-refractivity contribution in [1.29, 1.82) is 0 Å². The molecule has 1 atom stereocenters. The molecule has 2 nitrogen and oxygen atoms in total. The predicted octanol–water partition coefficient (Wildman–Crippen LogP) is 4.37. The first-order valence-electron chi connectivity index (χ1n) is 6.25. The van der Waals surface area contributed by atoms with Crippen LogP contribution in [0.2, 0.25) is 0 Å². The number of rotatable bonds is 5. The molecule has 0 saturated heterocycles. The molecule has 2 aromatic carbocycles. The summed E-state index contributed by atoms with van der Waals surface area (Å²) in [7, 11) is 3.16. The summed E-state index contributed by atoms with van der Waals surface area (Å²) in [6, 6.07) is 12.1. The zero-order valence-corrected chi connectivity index (χ0v) is 12.2. The molecular weight excluding hydrogens is 279 g/mol. The molecule has 4 heteroatoms. The first-order chi connectivity index (χ1) is 9.65. The van der Waals surface area contributed by atoms with Crippen LogP contribution in [0.4, 0.5) is 4.39 Å². The highest BCUT2D eigenvalue weighted by atomic mass is 35.5. The molecule has 0 N–H and O–H groups in total. The summed E-state index contributed by atoms with van der Waals surface area (Å²) in [5.41, 5.74) is 1.47. The van der Waals surface area contributed by atoms with E-state index in [1.807, 2.05) is 18.2 Å². The van der Waals surface area contributed by atoms with Gasteiger partial charge in [-0.1, -0.05) is 24.3 Å². The Morgan fingerprint density at radius 3 is 2.40 bits per heavy atom. The number of benzene rings is 2. The molecule has 0 spiro atoms. The Morgan fingerprint density at radius 2 is 1.75 bits per heavy atom. The zero-order chi connectivity index (χ0) is 14.5. The van der Waals surface area contributed by atoms with E-state index in [4.69, 9.17) is 21.1 Å². The molecule has 106 valence electrons. The topological polar surface area (TPSA) is 18.5 Å². The van der Waals surface area contributed by atoms with Crippen molar-refractivity contribution in [1.82, 2.24) is 0 Å². The number of alkyl halides is 1. The van der Waals surface area contributed by atoms with Gasteiger partial charge in [0.05, 0.1) is 19.6 Å². The third-order valence-electron chi connectivity index (χ3n) is 3.11. The van der Waals surface area contributed by atoms with Gasteiger partial charge in [0.1, 0.15) is 5.82 Å². The minimum absolute atomic E-state index is 0.284. The predicted molar refractivity (Wildman–Crippen MR) is 78.2 cm³/mol. The molecule has 0 bridgehead atoms. The van der Waals surface area contributed by atoms with Gasteiger partial charge in [-0.2, -0.15) is 0 Å². The standard InChI is InChI=1S/C16H16ClFO2/c1-19-15-8-7-11(10-16(15)20-2)9-13(17)12-5-3-4-6-14(12)18/h3-8,10,13H,9H2,1-2H3. The quantitative estimate of drug-likeness (QED) is 0.763. The first-order valence-corrected chi connectivity index (χ1v) is 6.68. The van der Waals surface area contributed by atoms with Gasteiger partial charge in [0, 0.05) is 5.56 Å². The molecular formula is C16H16ClFO2. The van der Waals surface area contributed by atoms with Crippen LogP contribution in [0.25, 0.3) is 0 Å². The fourth-order valence-electron chi connectivity index (χ4n) is 2.05. The van der Waals surface area contributed by atoms with Gasteiger partial charge in [-0.05, 0) is 30.2 Å². The van der Waals surface area contributed by atoms with Gasteiger partial charge in [0.25, 0.3) is 0 Å². The summed E-state index contributed by atoms with van der Waals surface area (Å²) in [5.74, 6) is 1.02. The average Bonchev–Trinajstić information content (AvgIpc) is 2.47. The van der Waals surface area contributed by atoms with Crippen LogP contribution in [0.15, 0.2) is 42.5 Å². The highest BCUT2D eigenvalue weighted by molar-refractivity contribution is 6.20. The van der Waals surface area contributed by atoms with Gasteiger partial charge in [-0.25, -0.2) is 4.39 Å². The van der Waals surface area contributed by atoms with E-state index in [-0.39, 0.29) is 5.82 Å². The third-order valence-corrected chi connectivity index (χ3v) is 3.49. The van der Waals surface area contributed by atoms with Gasteiger partial charge < -0.3 is 9.47 Å². The van der Waals surface area contributed by atoms with E-state index >= 15 is 0 Å². The summed E-state index contributed by atoms with van der Waals surface area (Å²) < 4.78 is 24.1. The van der Waals surface area contributed by atoms with Crippen LogP contribution in [0, 0.1) is 5.82 Å². The Labute approximate surface area is 123 Å². The maximum absolute atomic E-state index is 13.7. The monoisotopic (exact) mass is 294 g/mol. The Hall–Kier alpha value is -1.74. The van der Waals surface area contributed by atoms with Crippen molar-refractivity contribution >= 4 is 11.6 Å². The lowest BCUT2D eigenvalue weighted by molar-refractivity contribution is 0.354. The second-order valence-electron chi connectivity index (χ2n) is 4.38. The lowest BCUT2D eigenvalue weighted by Gasteiger charge is -2.13. The number of halogens is 2. The second-order valence-corrected chi connectivity index (χ2v) is 4.91. The van der Waals surface area contributed by atoms with Gasteiger partial charge >= 0.3 is 0 Å². The lowest BCUT2D eigenvalue weighted by atomic mass is 10.0. The number of hydrogen-bond donors (Lipinski definition) is 0. The summed E-state index contributed by atoms with van der Waals surface area (Å²) in [6.45, 7) is 0. The average molecular weight is 295 g/mol. The summed E-state index contributed by atoms with van der Waals surface area (Å²) >= 11 is 6.30. The van der Waals surface area contributed by atoms with Gasteiger partial charge in [0.15, 0.2) is 11.5 Å². The minimum atomic E-state index is -0.422. The summed E-state index contributed by atoms with van der Waals surface area (Å²) in [4.78, 5) is 0. The van der Waals surface area contributed by atoms with Crippen molar-refractivity contribution in [2.45, 2.75) is 11.8 Å². The van der Waals surface area contributed by atoms with Gasteiger partial charge in [0.2, 0.25) is 0 Å². The van der Waals surface area contributed by atoms with Crippen molar-refractivity contribution in [2.75, 3.05) is 14.2 Å². The van der Waals surface area contributed by atoms with E-state index in [0.29, 0.717) is 23.5 Å². The molecule has 0 radical (unpaired) electrons. The highest BCUT2D eigenvalue weighted by Crippen LogP contribution is 2.32. The molecule has 0 aliphatic rings. The molecule has 0 aliphatic heterocycles. The van der Waals surface area contributed by atoms with E-state index in [2.05, 4.69) is 0 Å². The highest BCUT2D eigenvalue weighted by Gasteiger charge is 2.14. The van der Waals surface area contributed by atoms with Crippen LogP contribution < -0.4 is 9.47 Å². The molecule has 0 amide bonds. The number of methoxy groups -OCH3 is 2. The van der Waals surface area contributed by atoms with Crippen molar-refractivity contribution < 1.29 is 13.9 Å². The summed E-state index contributed by atoms with van der Waals surface area (Å²) in [6.07, 6.45) is 0.517. The van der Waals surface area contributed by atoms with Crippen LogP contribution in [0.5, 0.6) is 11.5 Å². The Bertz CT molecular complexity index is 586. The Kier molecular flexibility index (Phi) is 4.85. The maximum atomic E-state index is 13.7. The van der Waals surface area contributed by atoms with Crippen LogP contribution in [0.3, 0.4) is 0 Å². The molecule has 0 saturated carbocycles. The molecule has 0 aliphatic carbocycles. The molecule has 0 fully saturated rings. The maximum Gasteiger partial charge on any atom is 0.160 e. The van der Waals surface area contributed by atoms with E-state index in [9.17, 15) is 4.39 Å².